The van der Waals surface area contributed by atoms with Gasteiger partial charge in [-0.3, -0.25) is 15.1 Å². The molecule has 0 spiro atoms. The number of nitrogens with zero attached hydrogens (tertiary/aromatic N) is 2. The highest BCUT2D eigenvalue weighted by Crippen LogP contribution is 2.20. The summed E-state index contributed by atoms with van der Waals surface area (Å²) in [5.41, 5.74) is 1.42. The number of rotatable bonds is 6. The first-order chi connectivity index (χ1) is 10.1. The quantitative estimate of drug-likeness (QED) is 0.654. The van der Waals surface area contributed by atoms with E-state index in [1.807, 2.05) is 6.92 Å². The van der Waals surface area contributed by atoms with Crippen molar-refractivity contribution < 1.29 is 9.31 Å². The number of hydrogen-bond acceptors (Lipinski definition) is 4. The molecule has 2 aromatic rings. The second-order valence-corrected chi connectivity index (χ2v) is 4.63. The first-order valence-electron chi connectivity index (χ1n) is 6.69. The summed E-state index contributed by atoms with van der Waals surface area (Å²) in [6.07, 6.45) is 1.92. The lowest BCUT2D eigenvalue weighted by molar-refractivity contribution is -0.385. The third-order valence-electron chi connectivity index (χ3n) is 3.24. The molecule has 0 amide bonds. The molecule has 0 aliphatic rings. The molecule has 0 aliphatic carbocycles. The van der Waals surface area contributed by atoms with Gasteiger partial charge in [0, 0.05) is 24.2 Å². The van der Waals surface area contributed by atoms with Crippen molar-refractivity contribution in [2.45, 2.75) is 25.9 Å². The molecule has 1 atom stereocenters. The third-order valence-corrected chi connectivity index (χ3v) is 3.24. The van der Waals surface area contributed by atoms with Crippen molar-refractivity contribution in [3.63, 3.8) is 0 Å². The van der Waals surface area contributed by atoms with Crippen LogP contribution < -0.4 is 5.32 Å². The first kappa shape index (κ1) is 15.1. The van der Waals surface area contributed by atoms with Crippen LogP contribution in [0.2, 0.25) is 0 Å². The van der Waals surface area contributed by atoms with E-state index in [4.69, 9.17) is 0 Å². The molecule has 1 aromatic carbocycles. The topological polar surface area (TPSA) is 68.1 Å². The minimum absolute atomic E-state index is 0.0783. The van der Waals surface area contributed by atoms with E-state index in [1.54, 1.807) is 24.3 Å². The SMILES string of the molecule is CCC(NCc1ccccc1[N+](=O)[O-])c1ccc(F)cn1. The average Bonchev–Trinajstić information content (AvgIpc) is 2.50. The van der Waals surface area contributed by atoms with E-state index in [0.717, 1.165) is 12.1 Å². The zero-order chi connectivity index (χ0) is 15.2. The normalized spacial score (nSPS) is 12.1. The Bertz CT molecular complexity index is 617. The molecule has 0 saturated carbocycles. The Kier molecular flexibility index (Phi) is 4.94. The molecule has 1 N–H and O–H groups in total. The Morgan fingerprint density at radius 2 is 2.10 bits per heavy atom. The fourth-order valence-electron chi connectivity index (χ4n) is 2.12. The minimum atomic E-state index is -0.395. The van der Waals surface area contributed by atoms with Gasteiger partial charge in [-0.05, 0) is 18.6 Å². The zero-order valence-corrected chi connectivity index (χ0v) is 11.6. The van der Waals surface area contributed by atoms with Gasteiger partial charge in [-0.2, -0.15) is 0 Å². The standard InChI is InChI=1S/C15H16FN3O2/c1-2-13(14-8-7-12(16)10-18-14)17-9-11-5-3-4-6-15(11)19(20)21/h3-8,10,13,17H,2,9H2,1H3. The Hall–Kier alpha value is -2.34. The predicted octanol–water partition coefficient (Wildman–Crippen LogP) is 3.37. The minimum Gasteiger partial charge on any atom is -0.304 e. The fraction of sp³-hybridized carbons (Fsp3) is 0.267. The lowest BCUT2D eigenvalue weighted by Gasteiger charge is -2.16. The summed E-state index contributed by atoms with van der Waals surface area (Å²) in [4.78, 5) is 14.6. The lowest BCUT2D eigenvalue weighted by Crippen LogP contribution is -2.21. The Morgan fingerprint density at radius 1 is 1.33 bits per heavy atom. The summed E-state index contributed by atoms with van der Waals surface area (Å²) in [6.45, 7) is 2.33. The molecule has 0 bridgehead atoms. The molecule has 1 aromatic heterocycles. The maximum absolute atomic E-state index is 12.9. The number of halogens is 1. The van der Waals surface area contributed by atoms with Gasteiger partial charge in [0.2, 0.25) is 0 Å². The van der Waals surface area contributed by atoms with Crippen LogP contribution in [0.1, 0.15) is 30.6 Å². The molecule has 110 valence electrons. The van der Waals surface area contributed by atoms with Crippen molar-refractivity contribution in [3.05, 3.63) is 69.8 Å². The smallest absolute Gasteiger partial charge is 0.273 e. The number of nitrogens with one attached hydrogen (secondary N) is 1. The molecular weight excluding hydrogens is 273 g/mol. The number of pyridine rings is 1. The summed E-state index contributed by atoms with van der Waals surface area (Å²) in [5, 5.41) is 14.2. The van der Waals surface area contributed by atoms with Crippen LogP contribution in [-0.2, 0) is 6.54 Å². The monoisotopic (exact) mass is 289 g/mol. The number of para-hydroxylation sites is 1. The van der Waals surface area contributed by atoms with Crippen molar-refractivity contribution in [2.75, 3.05) is 0 Å². The number of hydrogen-bond donors (Lipinski definition) is 1. The van der Waals surface area contributed by atoms with E-state index in [9.17, 15) is 14.5 Å². The van der Waals surface area contributed by atoms with Crippen molar-refractivity contribution in [3.8, 4) is 0 Å². The first-order valence-corrected chi connectivity index (χ1v) is 6.69. The van der Waals surface area contributed by atoms with E-state index in [2.05, 4.69) is 10.3 Å². The average molecular weight is 289 g/mol. The summed E-state index contributed by atoms with van der Waals surface area (Å²) < 4.78 is 12.9. The number of nitro groups is 1. The van der Waals surface area contributed by atoms with E-state index in [0.29, 0.717) is 12.1 Å². The summed E-state index contributed by atoms with van der Waals surface area (Å²) in [7, 11) is 0. The largest absolute Gasteiger partial charge is 0.304 e. The van der Waals surface area contributed by atoms with Gasteiger partial charge in [0.25, 0.3) is 5.69 Å². The lowest BCUT2D eigenvalue weighted by atomic mass is 10.1. The van der Waals surface area contributed by atoms with Gasteiger partial charge in [0.05, 0.1) is 16.8 Å². The van der Waals surface area contributed by atoms with Crippen LogP contribution in [-0.4, -0.2) is 9.91 Å². The summed E-state index contributed by atoms with van der Waals surface area (Å²) >= 11 is 0. The van der Waals surface area contributed by atoms with E-state index in [1.165, 1.54) is 18.3 Å². The van der Waals surface area contributed by atoms with Crippen molar-refractivity contribution in [1.82, 2.24) is 10.3 Å². The Morgan fingerprint density at radius 3 is 2.71 bits per heavy atom. The molecule has 1 heterocycles. The van der Waals surface area contributed by atoms with Crippen LogP contribution in [0.4, 0.5) is 10.1 Å². The van der Waals surface area contributed by atoms with Gasteiger partial charge in [0.1, 0.15) is 5.82 Å². The molecule has 21 heavy (non-hydrogen) atoms. The second kappa shape index (κ2) is 6.90. The molecule has 0 saturated heterocycles. The van der Waals surface area contributed by atoms with Crippen LogP contribution >= 0.6 is 0 Å². The van der Waals surface area contributed by atoms with Crippen LogP contribution in [0.3, 0.4) is 0 Å². The van der Waals surface area contributed by atoms with Crippen molar-refractivity contribution >= 4 is 5.69 Å². The fourth-order valence-corrected chi connectivity index (χ4v) is 2.12. The van der Waals surface area contributed by atoms with Crippen molar-refractivity contribution in [1.29, 1.82) is 0 Å². The molecule has 5 nitrogen and oxygen atoms in total. The molecule has 0 fully saturated rings. The highest BCUT2D eigenvalue weighted by Gasteiger charge is 2.15. The van der Waals surface area contributed by atoms with Gasteiger partial charge in [-0.1, -0.05) is 25.1 Å². The Balaban J connectivity index is 2.10. The van der Waals surface area contributed by atoms with Crippen LogP contribution in [0, 0.1) is 15.9 Å². The van der Waals surface area contributed by atoms with Gasteiger partial charge in [0.15, 0.2) is 0 Å². The van der Waals surface area contributed by atoms with Crippen LogP contribution in [0.25, 0.3) is 0 Å². The molecule has 0 radical (unpaired) electrons. The van der Waals surface area contributed by atoms with E-state index in [-0.39, 0.29) is 17.5 Å². The highest BCUT2D eigenvalue weighted by molar-refractivity contribution is 5.39. The Labute approximate surface area is 122 Å². The molecular formula is C15H16FN3O2. The molecule has 1 unspecified atom stereocenters. The van der Waals surface area contributed by atoms with E-state index >= 15 is 0 Å². The summed E-state index contributed by atoms with van der Waals surface area (Å²) in [5.74, 6) is -0.382. The van der Waals surface area contributed by atoms with E-state index < -0.39 is 4.92 Å². The molecule has 6 heteroatoms. The third kappa shape index (κ3) is 3.82. The number of benzene rings is 1. The zero-order valence-electron chi connectivity index (χ0n) is 11.6. The molecule has 0 aliphatic heterocycles. The van der Waals surface area contributed by atoms with Crippen molar-refractivity contribution in [2.24, 2.45) is 0 Å². The maximum Gasteiger partial charge on any atom is 0.273 e. The summed E-state index contributed by atoms with van der Waals surface area (Å²) in [6, 6.07) is 9.50. The maximum atomic E-state index is 12.9. The highest BCUT2D eigenvalue weighted by atomic mass is 19.1. The van der Waals surface area contributed by atoms with Gasteiger partial charge in [-0.25, -0.2) is 4.39 Å². The second-order valence-electron chi connectivity index (χ2n) is 4.63. The number of aromatic nitrogens is 1. The van der Waals surface area contributed by atoms with Gasteiger partial charge in [-0.15, -0.1) is 0 Å². The predicted molar refractivity (Wildman–Crippen MR) is 77.2 cm³/mol. The molecule has 2 rings (SSSR count). The van der Waals surface area contributed by atoms with Gasteiger partial charge < -0.3 is 5.32 Å². The van der Waals surface area contributed by atoms with Crippen LogP contribution in [0.15, 0.2) is 42.6 Å². The number of nitro benzene ring substituents is 1. The van der Waals surface area contributed by atoms with Gasteiger partial charge >= 0.3 is 0 Å². The van der Waals surface area contributed by atoms with Crippen LogP contribution in [0.5, 0.6) is 0 Å².